The molecule has 1 heterocycles. The summed E-state index contributed by atoms with van der Waals surface area (Å²) in [5.74, 6) is 0.704. The summed E-state index contributed by atoms with van der Waals surface area (Å²) in [6.07, 6.45) is 0.976. The van der Waals surface area contributed by atoms with E-state index in [1.165, 1.54) is 0 Å². The molecular formula is C13H19N3O. The Labute approximate surface area is 101 Å². The number of aryl methyl sites for hydroxylation is 1. The lowest BCUT2D eigenvalue weighted by molar-refractivity contribution is 0.561. The van der Waals surface area contributed by atoms with Gasteiger partial charge in [-0.15, -0.1) is 0 Å². The first kappa shape index (κ1) is 11.9. The summed E-state index contributed by atoms with van der Waals surface area (Å²) >= 11 is 0. The molecule has 2 N–H and O–H groups in total. The van der Waals surface area contributed by atoms with Crippen molar-refractivity contribution in [1.29, 1.82) is 0 Å². The van der Waals surface area contributed by atoms with Crippen molar-refractivity contribution >= 4 is 16.8 Å². The second-order valence-corrected chi connectivity index (χ2v) is 4.57. The predicted molar refractivity (Wildman–Crippen MR) is 70.3 cm³/mol. The highest BCUT2D eigenvalue weighted by molar-refractivity contribution is 5.77. The van der Waals surface area contributed by atoms with E-state index in [9.17, 15) is 0 Å². The minimum atomic E-state index is 0.230. The van der Waals surface area contributed by atoms with Gasteiger partial charge in [0.15, 0.2) is 11.5 Å². The van der Waals surface area contributed by atoms with Gasteiger partial charge in [0, 0.05) is 38.3 Å². The molecule has 1 atom stereocenters. The van der Waals surface area contributed by atoms with E-state index in [4.69, 9.17) is 10.2 Å². The van der Waals surface area contributed by atoms with Crippen molar-refractivity contribution in [3.63, 3.8) is 0 Å². The van der Waals surface area contributed by atoms with Crippen LogP contribution in [0.5, 0.6) is 0 Å². The summed E-state index contributed by atoms with van der Waals surface area (Å²) in [5.41, 5.74) is 8.64. The average molecular weight is 233 g/mol. The third-order valence-corrected chi connectivity index (χ3v) is 2.84. The van der Waals surface area contributed by atoms with Crippen molar-refractivity contribution in [3.8, 4) is 0 Å². The first-order chi connectivity index (χ1) is 8.06. The van der Waals surface area contributed by atoms with Crippen LogP contribution in [0.3, 0.4) is 0 Å². The highest BCUT2D eigenvalue weighted by Crippen LogP contribution is 2.22. The Morgan fingerprint density at radius 1 is 1.47 bits per heavy atom. The molecule has 2 aromatic rings. The number of nitrogens with zero attached hydrogens (tertiary/aromatic N) is 2. The van der Waals surface area contributed by atoms with Crippen LogP contribution in [0, 0.1) is 6.92 Å². The number of fused-ring (bicyclic) bond motifs is 1. The zero-order valence-corrected chi connectivity index (χ0v) is 10.6. The first-order valence-electron chi connectivity index (χ1n) is 5.90. The van der Waals surface area contributed by atoms with Gasteiger partial charge in [0.2, 0.25) is 0 Å². The molecule has 0 aliphatic rings. The molecule has 1 aromatic heterocycles. The maximum Gasteiger partial charge on any atom is 0.192 e. The third kappa shape index (κ3) is 2.77. The summed E-state index contributed by atoms with van der Waals surface area (Å²) < 4.78 is 5.52. The van der Waals surface area contributed by atoms with Gasteiger partial charge >= 0.3 is 0 Å². The molecule has 4 heteroatoms. The first-order valence-corrected chi connectivity index (χ1v) is 5.90. The molecular weight excluding hydrogens is 214 g/mol. The predicted octanol–water partition coefficient (Wildman–Crippen LogP) is 2.31. The van der Waals surface area contributed by atoms with E-state index < -0.39 is 0 Å². The number of hydrogen-bond donors (Lipinski definition) is 1. The van der Waals surface area contributed by atoms with E-state index in [1.54, 1.807) is 0 Å². The largest absolute Gasteiger partial charge is 0.441 e. The zero-order valence-electron chi connectivity index (χ0n) is 10.6. The van der Waals surface area contributed by atoms with Gasteiger partial charge in [-0.1, -0.05) is 0 Å². The fraction of sp³-hybridized carbons (Fsp3) is 0.462. The van der Waals surface area contributed by atoms with Crippen molar-refractivity contribution < 1.29 is 4.42 Å². The molecule has 0 radical (unpaired) electrons. The standard InChI is InChI=1S/C13H19N3O/c1-9(14)6-7-16(3)11-4-5-12-13(8-11)17-10(2)15-12/h4-5,8-9H,6-7,14H2,1-3H3. The molecule has 17 heavy (non-hydrogen) atoms. The SMILES string of the molecule is Cc1nc2ccc(N(C)CCC(C)N)cc2o1. The fourth-order valence-electron chi connectivity index (χ4n) is 1.79. The number of hydrogen-bond acceptors (Lipinski definition) is 4. The third-order valence-electron chi connectivity index (χ3n) is 2.84. The van der Waals surface area contributed by atoms with Gasteiger partial charge in [-0.25, -0.2) is 4.98 Å². The minimum absolute atomic E-state index is 0.230. The molecule has 0 amide bonds. The van der Waals surface area contributed by atoms with Crippen LogP contribution in [-0.4, -0.2) is 24.6 Å². The van der Waals surface area contributed by atoms with Crippen LogP contribution in [0.15, 0.2) is 22.6 Å². The van der Waals surface area contributed by atoms with Crippen LogP contribution in [-0.2, 0) is 0 Å². The van der Waals surface area contributed by atoms with E-state index in [-0.39, 0.29) is 6.04 Å². The van der Waals surface area contributed by atoms with Crippen molar-refractivity contribution in [2.75, 3.05) is 18.5 Å². The Morgan fingerprint density at radius 2 is 2.24 bits per heavy atom. The van der Waals surface area contributed by atoms with E-state index in [0.717, 1.165) is 29.8 Å². The van der Waals surface area contributed by atoms with E-state index in [0.29, 0.717) is 5.89 Å². The molecule has 0 fully saturated rings. The summed E-state index contributed by atoms with van der Waals surface area (Å²) in [5, 5.41) is 0. The second-order valence-electron chi connectivity index (χ2n) is 4.57. The molecule has 0 aliphatic heterocycles. The zero-order chi connectivity index (χ0) is 12.4. The van der Waals surface area contributed by atoms with Crippen LogP contribution in [0.2, 0.25) is 0 Å². The second kappa shape index (κ2) is 4.75. The number of nitrogens with two attached hydrogens (primary N) is 1. The Kier molecular flexibility index (Phi) is 3.33. The van der Waals surface area contributed by atoms with Gasteiger partial charge in [-0.2, -0.15) is 0 Å². The quantitative estimate of drug-likeness (QED) is 0.880. The lowest BCUT2D eigenvalue weighted by Gasteiger charge is -2.20. The Hall–Kier alpha value is -1.55. The lowest BCUT2D eigenvalue weighted by Crippen LogP contribution is -2.25. The van der Waals surface area contributed by atoms with Gasteiger partial charge < -0.3 is 15.1 Å². The van der Waals surface area contributed by atoms with Crippen LogP contribution >= 0.6 is 0 Å². The molecule has 2 rings (SSSR count). The normalized spacial score (nSPS) is 12.9. The van der Waals surface area contributed by atoms with Gasteiger partial charge in [0.1, 0.15) is 5.52 Å². The topological polar surface area (TPSA) is 55.3 Å². The highest BCUT2D eigenvalue weighted by Gasteiger charge is 2.06. The Bertz CT molecular complexity index is 504. The molecule has 4 nitrogen and oxygen atoms in total. The number of rotatable bonds is 4. The monoisotopic (exact) mass is 233 g/mol. The maximum absolute atomic E-state index is 5.76. The van der Waals surface area contributed by atoms with Crippen LogP contribution in [0.1, 0.15) is 19.2 Å². The Balaban J connectivity index is 2.17. The molecule has 0 saturated carbocycles. The molecule has 0 aliphatic carbocycles. The summed E-state index contributed by atoms with van der Waals surface area (Å²) in [4.78, 5) is 6.46. The summed E-state index contributed by atoms with van der Waals surface area (Å²) in [6, 6.07) is 6.31. The fourth-order valence-corrected chi connectivity index (χ4v) is 1.79. The molecule has 0 spiro atoms. The van der Waals surface area contributed by atoms with Gasteiger partial charge in [0.25, 0.3) is 0 Å². The number of benzene rings is 1. The molecule has 0 saturated heterocycles. The van der Waals surface area contributed by atoms with Crippen molar-refractivity contribution in [2.24, 2.45) is 5.73 Å². The lowest BCUT2D eigenvalue weighted by atomic mass is 10.2. The molecule has 1 aromatic carbocycles. The molecule has 1 unspecified atom stereocenters. The van der Waals surface area contributed by atoms with Crippen LogP contribution < -0.4 is 10.6 Å². The van der Waals surface area contributed by atoms with Gasteiger partial charge in [-0.05, 0) is 25.5 Å². The maximum atomic E-state index is 5.76. The van der Waals surface area contributed by atoms with Crippen molar-refractivity contribution in [3.05, 3.63) is 24.1 Å². The number of oxazole rings is 1. The van der Waals surface area contributed by atoms with Crippen LogP contribution in [0.25, 0.3) is 11.1 Å². The van der Waals surface area contributed by atoms with E-state index in [2.05, 4.69) is 23.0 Å². The molecule has 0 bridgehead atoms. The Morgan fingerprint density at radius 3 is 2.94 bits per heavy atom. The van der Waals surface area contributed by atoms with Gasteiger partial charge in [-0.3, -0.25) is 0 Å². The van der Waals surface area contributed by atoms with E-state index >= 15 is 0 Å². The number of aromatic nitrogens is 1. The van der Waals surface area contributed by atoms with Crippen molar-refractivity contribution in [1.82, 2.24) is 4.98 Å². The highest BCUT2D eigenvalue weighted by atomic mass is 16.3. The van der Waals surface area contributed by atoms with Crippen molar-refractivity contribution in [2.45, 2.75) is 26.3 Å². The smallest absolute Gasteiger partial charge is 0.192 e. The summed E-state index contributed by atoms with van der Waals surface area (Å²) in [7, 11) is 2.06. The molecule has 92 valence electrons. The van der Waals surface area contributed by atoms with Crippen LogP contribution in [0.4, 0.5) is 5.69 Å². The van der Waals surface area contributed by atoms with Gasteiger partial charge in [0.05, 0.1) is 0 Å². The summed E-state index contributed by atoms with van der Waals surface area (Å²) in [6.45, 7) is 4.83. The minimum Gasteiger partial charge on any atom is -0.441 e. The average Bonchev–Trinajstić information content (AvgIpc) is 2.64. The number of anilines is 1. The van der Waals surface area contributed by atoms with E-state index in [1.807, 2.05) is 26.0 Å².